The van der Waals surface area contributed by atoms with E-state index in [1.54, 1.807) is 18.2 Å². The number of aliphatic hydroxyl groups excluding tert-OH is 1. The first-order valence-electron chi connectivity index (χ1n) is 12.8. The van der Waals surface area contributed by atoms with Gasteiger partial charge in [-0.05, 0) is 49.6 Å². The molecule has 200 valence electrons. The summed E-state index contributed by atoms with van der Waals surface area (Å²) >= 11 is 0. The van der Waals surface area contributed by atoms with Gasteiger partial charge in [-0.25, -0.2) is 8.42 Å². The van der Waals surface area contributed by atoms with E-state index < -0.39 is 16.3 Å². The van der Waals surface area contributed by atoms with Crippen LogP contribution in [0.3, 0.4) is 0 Å². The van der Waals surface area contributed by atoms with Gasteiger partial charge in [-0.1, -0.05) is 19.1 Å². The quantitative estimate of drug-likeness (QED) is 0.465. The third-order valence-electron chi connectivity index (χ3n) is 7.03. The molecule has 2 N–H and O–H groups in total. The van der Waals surface area contributed by atoms with E-state index in [0.29, 0.717) is 58.1 Å². The highest BCUT2D eigenvalue weighted by Gasteiger charge is 2.40. The molecule has 2 atom stereocenters. The largest absolute Gasteiger partial charge is 0.396 e. The monoisotopic (exact) mass is 521 g/mol. The van der Waals surface area contributed by atoms with Gasteiger partial charge in [0.1, 0.15) is 11.9 Å². The number of piperazine rings is 1. The molecule has 1 fully saturated rings. The number of hydrogen-bond donors (Lipinski definition) is 2. The van der Waals surface area contributed by atoms with Crippen LogP contribution in [0.15, 0.2) is 40.4 Å². The molecular weight excluding hydrogens is 482 g/mol. The van der Waals surface area contributed by atoms with E-state index in [1.165, 1.54) is 4.31 Å². The highest BCUT2D eigenvalue weighted by Crippen LogP contribution is 2.36. The molecule has 36 heavy (non-hydrogen) atoms. The zero-order valence-corrected chi connectivity index (χ0v) is 22.3. The Kier molecular flexibility index (Phi) is 8.69. The fraction of sp³-hybridized carbons (Fsp3) is 0.640. The normalized spacial score (nSPS) is 24.3. The third kappa shape index (κ3) is 5.46. The Morgan fingerprint density at radius 3 is 2.69 bits per heavy atom. The zero-order chi connectivity index (χ0) is 25.9. The van der Waals surface area contributed by atoms with E-state index in [9.17, 15) is 13.2 Å². The van der Waals surface area contributed by atoms with Gasteiger partial charge in [-0.15, -0.1) is 0 Å². The average Bonchev–Trinajstić information content (AvgIpc) is 3.20. The first kappa shape index (κ1) is 27.0. The number of aliphatic hydroxyl groups is 1. The second-order valence-corrected chi connectivity index (χ2v) is 11.5. The van der Waals surface area contributed by atoms with Crippen molar-refractivity contribution in [2.24, 2.45) is 0 Å². The molecule has 3 aliphatic heterocycles. The number of nitrogens with zero attached hydrogens (tertiary/aromatic N) is 4. The summed E-state index contributed by atoms with van der Waals surface area (Å²) in [6, 6.07) is 6.57. The van der Waals surface area contributed by atoms with Crippen LogP contribution in [0.25, 0.3) is 0 Å². The van der Waals surface area contributed by atoms with Crippen molar-refractivity contribution in [3.63, 3.8) is 0 Å². The van der Waals surface area contributed by atoms with Crippen LogP contribution < -0.4 is 5.32 Å². The number of amides is 1. The van der Waals surface area contributed by atoms with Crippen molar-refractivity contribution in [3.05, 3.63) is 41.1 Å². The fourth-order valence-electron chi connectivity index (χ4n) is 5.44. The average molecular weight is 522 g/mol. The van der Waals surface area contributed by atoms with Crippen LogP contribution in [0.2, 0.25) is 0 Å². The van der Waals surface area contributed by atoms with Crippen LogP contribution in [-0.4, -0.2) is 111 Å². The first-order valence-corrected chi connectivity index (χ1v) is 14.3. The van der Waals surface area contributed by atoms with Crippen LogP contribution in [0, 0.1) is 0 Å². The highest BCUT2D eigenvalue weighted by atomic mass is 32.2. The maximum atomic E-state index is 13.8. The van der Waals surface area contributed by atoms with Crippen LogP contribution in [0.1, 0.15) is 38.3 Å². The van der Waals surface area contributed by atoms with E-state index in [4.69, 9.17) is 9.84 Å². The number of nitrogens with one attached hydrogen (secondary N) is 1. The Morgan fingerprint density at radius 2 is 1.97 bits per heavy atom. The molecule has 3 heterocycles. The van der Waals surface area contributed by atoms with Gasteiger partial charge in [-0.2, -0.15) is 4.31 Å². The lowest BCUT2D eigenvalue weighted by molar-refractivity contribution is -0.118. The lowest BCUT2D eigenvalue weighted by Crippen LogP contribution is -2.56. The molecule has 1 saturated heterocycles. The summed E-state index contributed by atoms with van der Waals surface area (Å²) in [5, 5.41) is 12.2. The molecular formula is C25H39N5O5S. The van der Waals surface area contributed by atoms with Gasteiger partial charge in [0.15, 0.2) is 0 Å². The molecule has 3 aliphatic rings. The second-order valence-electron chi connectivity index (χ2n) is 9.65. The lowest BCUT2D eigenvalue weighted by atomic mass is 9.98. The van der Waals surface area contributed by atoms with Crippen molar-refractivity contribution >= 4 is 15.9 Å². The van der Waals surface area contributed by atoms with Gasteiger partial charge in [0.05, 0.1) is 17.6 Å². The van der Waals surface area contributed by atoms with Gasteiger partial charge in [0.2, 0.25) is 10.0 Å². The third-order valence-corrected chi connectivity index (χ3v) is 8.92. The minimum Gasteiger partial charge on any atom is -0.396 e. The Morgan fingerprint density at radius 1 is 1.17 bits per heavy atom. The Labute approximate surface area is 214 Å². The van der Waals surface area contributed by atoms with Crippen molar-refractivity contribution in [3.8, 4) is 0 Å². The molecule has 1 amide bonds. The Bertz CT molecular complexity index is 1080. The van der Waals surface area contributed by atoms with Crippen LogP contribution in [0.4, 0.5) is 0 Å². The summed E-state index contributed by atoms with van der Waals surface area (Å²) in [6.45, 7) is 8.85. The summed E-state index contributed by atoms with van der Waals surface area (Å²) in [5.41, 5.74) is 2.44. The predicted octanol–water partition coefficient (Wildman–Crippen LogP) is 0.778. The van der Waals surface area contributed by atoms with Crippen molar-refractivity contribution in [1.82, 2.24) is 24.3 Å². The van der Waals surface area contributed by atoms with Gasteiger partial charge >= 0.3 is 0 Å². The molecule has 0 radical (unpaired) electrons. The molecule has 2 unspecified atom stereocenters. The number of carbonyl (C=O) groups is 1. The molecule has 0 bridgehead atoms. The van der Waals surface area contributed by atoms with Gasteiger partial charge in [0.25, 0.3) is 5.91 Å². The molecule has 10 nitrogen and oxygen atoms in total. The number of benzene rings is 1. The fourth-order valence-corrected chi connectivity index (χ4v) is 7.01. The number of carbonyl (C=O) groups excluding carboxylic acids is 1. The molecule has 4 rings (SSSR count). The Balaban J connectivity index is 1.59. The van der Waals surface area contributed by atoms with Gasteiger partial charge in [-0.3, -0.25) is 14.6 Å². The first-order chi connectivity index (χ1) is 17.3. The Hall–Kier alpha value is -2.02. The minimum absolute atomic E-state index is 0.104. The summed E-state index contributed by atoms with van der Waals surface area (Å²) in [7, 11) is -1.90. The molecule has 1 aromatic rings. The number of hydrogen-bond acceptors (Lipinski definition) is 8. The maximum Gasteiger partial charge on any atom is 0.268 e. The van der Waals surface area contributed by atoms with Crippen molar-refractivity contribution in [2.45, 2.75) is 43.9 Å². The lowest BCUT2D eigenvalue weighted by Gasteiger charge is -2.40. The van der Waals surface area contributed by atoms with Crippen LogP contribution in [0.5, 0.6) is 0 Å². The van der Waals surface area contributed by atoms with Crippen LogP contribution in [-0.2, 0) is 19.6 Å². The number of ether oxygens (including phenoxy) is 1. The van der Waals surface area contributed by atoms with E-state index in [0.717, 1.165) is 24.1 Å². The molecule has 0 aromatic heterocycles. The smallest absolute Gasteiger partial charge is 0.268 e. The number of rotatable bonds is 10. The summed E-state index contributed by atoms with van der Waals surface area (Å²) in [6.07, 6.45) is 1.07. The van der Waals surface area contributed by atoms with Crippen LogP contribution >= 0.6 is 0 Å². The predicted molar refractivity (Wildman–Crippen MR) is 136 cm³/mol. The molecule has 0 spiro atoms. The SMILES string of the molecule is CCCN1CC2=C(C(=O)NC2c2cccc(S(=O)(=O)N3CCN(CCCO)CC3OCC)c2)N(C)C1. The maximum absolute atomic E-state index is 13.8. The molecule has 1 aromatic carbocycles. The van der Waals surface area contributed by atoms with Crippen molar-refractivity contribution in [2.75, 3.05) is 66.2 Å². The topological polar surface area (TPSA) is 106 Å². The summed E-state index contributed by atoms with van der Waals surface area (Å²) < 4.78 is 34.8. The standard InChI is InChI=1S/C25H39N5O5S/c1-4-10-29-16-21-23(26-25(32)24(21)27(3)18-29)19-8-6-9-20(15-19)36(33,34)30-13-12-28(11-7-14-31)17-22(30)35-5-2/h6,8-9,15,22-23,31H,4-5,7,10-14,16-18H2,1-3H3,(H,26,32). The van der Waals surface area contributed by atoms with E-state index >= 15 is 0 Å². The minimum atomic E-state index is -3.82. The second kappa shape index (κ2) is 11.6. The van der Waals surface area contributed by atoms with Crippen molar-refractivity contribution < 1.29 is 23.1 Å². The van der Waals surface area contributed by atoms with Gasteiger partial charge < -0.3 is 20.1 Å². The van der Waals surface area contributed by atoms with E-state index in [-0.39, 0.29) is 23.5 Å². The molecule has 0 aliphatic carbocycles. The molecule has 11 heteroatoms. The van der Waals surface area contributed by atoms with E-state index in [1.807, 2.05) is 24.9 Å². The summed E-state index contributed by atoms with van der Waals surface area (Å²) in [4.78, 5) is 19.4. The highest BCUT2D eigenvalue weighted by molar-refractivity contribution is 7.89. The number of sulfonamides is 1. The molecule has 0 saturated carbocycles. The van der Waals surface area contributed by atoms with E-state index in [2.05, 4.69) is 22.0 Å². The van der Waals surface area contributed by atoms with Gasteiger partial charge in [0, 0.05) is 53.0 Å². The number of likely N-dealkylation sites (N-methyl/N-ethyl adjacent to an activating group) is 1. The van der Waals surface area contributed by atoms with Crippen molar-refractivity contribution in [1.29, 1.82) is 0 Å². The summed E-state index contributed by atoms with van der Waals surface area (Å²) in [5.74, 6) is -0.114. The zero-order valence-electron chi connectivity index (χ0n) is 21.5.